The highest BCUT2D eigenvalue weighted by Crippen LogP contribution is 2.28. The Morgan fingerprint density at radius 2 is 2.20 bits per heavy atom. The molecule has 0 fully saturated rings. The third-order valence-electron chi connectivity index (χ3n) is 2.57. The van der Waals surface area contributed by atoms with Crippen molar-refractivity contribution in [1.82, 2.24) is 4.72 Å². The summed E-state index contributed by atoms with van der Waals surface area (Å²) < 4.78 is 26.0. The minimum absolute atomic E-state index is 0.356. The molecule has 0 atom stereocenters. The van der Waals surface area contributed by atoms with Crippen LogP contribution in [0.1, 0.15) is 12.5 Å². The zero-order valence-corrected chi connectivity index (χ0v) is 9.63. The summed E-state index contributed by atoms with van der Waals surface area (Å²) in [5.41, 5.74) is 1.75. The van der Waals surface area contributed by atoms with Crippen molar-refractivity contribution in [2.45, 2.75) is 18.7 Å². The van der Waals surface area contributed by atoms with E-state index in [1.807, 2.05) is 30.9 Å². The van der Waals surface area contributed by atoms with E-state index < -0.39 is 10.0 Å². The Morgan fingerprint density at radius 3 is 2.87 bits per heavy atom. The molecule has 0 aliphatic carbocycles. The van der Waals surface area contributed by atoms with E-state index in [2.05, 4.69) is 4.72 Å². The van der Waals surface area contributed by atoms with Gasteiger partial charge >= 0.3 is 0 Å². The molecule has 0 unspecified atom stereocenters. The van der Waals surface area contributed by atoms with Crippen LogP contribution in [0.2, 0.25) is 0 Å². The van der Waals surface area contributed by atoms with Crippen molar-refractivity contribution >= 4 is 15.7 Å². The van der Waals surface area contributed by atoms with Gasteiger partial charge < -0.3 is 4.90 Å². The first kappa shape index (κ1) is 10.4. The van der Waals surface area contributed by atoms with E-state index in [0.29, 0.717) is 11.6 Å². The van der Waals surface area contributed by atoms with Crippen molar-refractivity contribution in [1.29, 1.82) is 0 Å². The first-order chi connectivity index (χ1) is 7.04. The maximum Gasteiger partial charge on any atom is 0.244 e. The second kappa shape index (κ2) is 3.50. The fourth-order valence-electron chi connectivity index (χ4n) is 1.71. The Hall–Kier alpha value is -1.07. The number of hydrogen-bond acceptors (Lipinski definition) is 3. The molecule has 0 saturated heterocycles. The lowest BCUT2D eigenvalue weighted by Gasteiger charge is -2.30. The molecule has 2 rings (SSSR count). The minimum atomic E-state index is -3.30. The number of aryl methyl sites for hydroxylation is 1. The molecule has 1 aliphatic rings. The van der Waals surface area contributed by atoms with E-state index >= 15 is 0 Å². The van der Waals surface area contributed by atoms with Crippen LogP contribution in [0.15, 0.2) is 23.1 Å². The number of rotatable bonds is 1. The van der Waals surface area contributed by atoms with Crippen LogP contribution in [0.4, 0.5) is 5.69 Å². The van der Waals surface area contributed by atoms with E-state index in [0.717, 1.165) is 17.8 Å². The van der Waals surface area contributed by atoms with Gasteiger partial charge in [-0.2, -0.15) is 4.72 Å². The number of nitrogens with one attached hydrogen (secondary N) is 1. The SMILES string of the molecule is CCN1CNS(=O)(=O)c2cc(C)ccc21. The summed E-state index contributed by atoms with van der Waals surface area (Å²) in [6.45, 7) is 5.04. The van der Waals surface area contributed by atoms with Crippen molar-refractivity contribution < 1.29 is 8.42 Å². The average Bonchev–Trinajstić information content (AvgIpc) is 2.19. The predicted octanol–water partition coefficient (Wildman–Crippen LogP) is 1.07. The summed E-state index contributed by atoms with van der Waals surface area (Å²) in [7, 11) is -3.30. The highest BCUT2D eigenvalue weighted by Gasteiger charge is 2.26. The van der Waals surface area contributed by atoms with Crippen molar-refractivity contribution in [2.75, 3.05) is 18.1 Å². The maximum atomic E-state index is 11.7. The summed E-state index contributed by atoms with van der Waals surface area (Å²) in [5, 5.41) is 0. The van der Waals surface area contributed by atoms with E-state index in [9.17, 15) is 8.42 Å². The summed E-state index contributed by atoms with van der Waals surface area (Å²) in [5.74, 6) is 0. The van der Waals surface area contributed by atoms with Crippen LogP contribution in [-0.4, -0.2) is 21.6 Å². The van der Waals surface area contributed by atoms with Gasteiger partial charge in [-0.25, -0.2) is 8.42 Å². The van der Waals surface area contributed by atoms with E-state index in [1.54, 1.807) is 6.07 Å². The molecule has 5 heteroatoms. The molecule has 1 aromatic rings. The molecule has 0 spiro atoms. The van der Waals surface area contributed by atoms with Crippen LogP contribution in [0.25, 0.3) is 0 Å². The van der Waals surface area contributed by atoms with Gasteiger partial charge in [0.05, 0.1) is 12.4 Å². The number of benzene rings is 1. The normalized spacial score (nSPS) is 18.7. The Kier molecular flexibility index (Phi) is 2.44. The molecule has 0 bridgehead atoms. The van der Waals surface area contributed by atoms with Crippen LogP contribution in [0, 0.1) is 6.92 Å². The molecular formula is C10H14N2O2S. The average molecular weight is 226 g/mol. The monoisotopic (exact) mass is 226 g/mol. The Bertz CT molecular complexity index is 482. The largest absolute Gasteiger partial charge is 0.357 e. The van der Waals surface area contributed by atoms with E-state index in [-0.39, 0.29) is 0 Å². The summed E-state index contributed by atoms with van der Waals surface area (Å²) >= 11 is 0. The lowest BCUT2D eigenvalue weighted by atomic mass is 10.2. The lowest BCUT2D eigenvalue weighted by Crippen LogP contribution is -2.43. The summed E-state index contributed by atoms with van der Waals surface area (Å²) in [4.78, 5) is 2.38. The van der Waals surface area contributed by atoms with Gasteiger partial charge in [0.25, 0.3) is 0 Å². The molecule has 0 amide bonds. The summed E-state index contributed by atoms with van der Waals surface area (Å²) in [6, 6.07) is 5.51. The quantitative estimate of drug-likeness (QED) is 0.779. The number of hydrogen-bond donors (Lipinski definition) is 1. The topological polar surface area (TPSA) is 49.4 Å². The number of fused-ring (bicyclic) bond motifs is 1. The van der Waals surface area contributed by atoms with Crippen LogP contribution in [0.3, 0.4) is 0 Å². The van der Waals surface area contributed by atoms with Crippen LogP contribution >= 0.6 is 0 Å². The van der Waals surface area contributed by atoms with Gasteiger partial charge in [0.15, 0.2) is 0 Å². The molecule has 1 heterocycles. The van der Waals surface area contributed by atoms with Gasteiger partial charge in [0.2, 0.25) is 10.0 Å². The standard InChI is InChI=1S/C10H14N2O2S/c1-3-12-7-11-15(13,14)10-6-8(2)4-5-9(10)12/h4-6,11H,3,7H2,1-2H3. The second-order valence-corrected chi connectivity index (χ2v) is 5.37. The van der Waals surface area contributed by atoms with Gasteiger partial charge in [-0.15, -0.1) is 0 Å². The number of nitrogens with zero attached hydrogens (tertiary/aromatic N) is 1. The third kappa shape index (κ3) is 1.72. The zero-order chi connectivity index (χ0) is 11.1. The van der Waals surface area contributed by atoms with Crippen molar-refractivity contribution in [3.05, 3.63) is 23.8 Å². The van der Waals surface area contributed by atoms with Crippen molar-refractivity contribution in [2.24, 2.45) is 0 Å². The molecule has 0 radical (unpaired) electrons. The van der Waals surface area contributed by atoms with Gasteiger partial charge in [0, 0.05) is 6.54 Å². The molecule has 0 saturated carbocycles. The molecule has 1 aliphatic heterocycles. The molecular weight excluding hydrogens is 212 g/mol. The van der Waals surface area contributed by atoms with Crippen LogP contribution in [-0.2, 0) is 10.0 Å². The molecule has 4 nitrogen and oxygen atoms in total. The highest BCUT2D eigenvalue weighted by atomic mass is 32.2. The Balaban J connectivity index is 2.64. The predicted molar refractivity (Wildman–Crippen MR) is 59.4 cm³/mol. The van der Waals surface area contributed by atoms with E-state index in [1.165, 1.54) is 0 Å². The van der Waals surface area contributed by atoms with Gasteiger partial charge in [-0.3, -0.25) is 0 Å². The third-order valence-corrected chi connectivity index (χ3v) is 3.99. The maximum absolute atomic E-state index is 11.7. The number of anilines is 1. The van der Waals surface area contributed by atoms with Gasteiger partial charge in [-0.1, -0.05) is 6.07 Å². The molecule has 15 heavy (non-hydrogen) atoms. The summed E-state index contributed by atoms with van der Waals surface area (Å²) in [6.07, 6.45) is 0. The van der Waals surface area contributed by atoms with Gasteiger partial charge in [-0.05, 0) is 31.5 Å². The van der Waals surface area contributed by atoms with E-state index in [4.69, 9.17) is 0 Å². The molecule has 1 aromatic carbocycles. The van der Waals surface area contributed by atoms with Crippen molar-refractivity contribution in [3.8, 4) is 0 Å². The van der Waals surface area contributed by atoms with Crippen LogP contribution < -0.4 is 9.62 Å². The van der Waals surface area contributed by atoms with Gasteiger partial charge in [0.1, 0.15) is 4.90 Å². The Labute approximate surface area is 90.0 Å². The fraction of sp³-hybridized carbons (Fsp3) is 0.400. The Morgan fingerprint density at radius 1 is 1.47 bits per heavy atom. The smallest absolute Gasteiger partial charge is 0.244 e. The van der Waals surface area contributed by atoms with Crippen molar-refractivity contribution in [3.63, 3.8) is 0 Å². The van der Waals surface area contributed by atoms with Crippen LogP contribution in [0.5, 0.6) is 0 Å². The molecule has 82 valence electrons. The minimum Gasteiger partial charge on any atom is -0.357 e. The second-order valence-electron chi connectivity index (χ2n) is 3.63. The molecule has 1 N–H and O–H groups in total. The first-order valence-corrected chi connectivity index (χ1v) is 6.38. The first-order valence-electron chi connectivity index (χ1n) is 4.90. The number of sulfonamides is 1. The fourth-order valence-corrected chi connectivity index (χ4v) is 3.00. The molecule has 0 aromatic heterocycles. The lowest BCUT2D eigenvalue weighted by molar-refractivity contribution is 0.572. The highest BCUT2D eigenvalue weighted by molar-refractivity contribution is 7.89. The zero-order valence-electron chi connectivity index (χ0n) is 8.82.